The lowest BCUT2D eigenvalue weighted by Gasteiger charge is -2.04. The minimum absolute atomic E-state index is 0.0147. The highest BCUT2D eigenvalue weighted by Gasteiger charge is 2.19. The Balaban J connectivity index is 1.77. The molecule has 0 bridgehead atoms. The van der Waals surface area contributed by atoms with Crippen molar-refractivity contribution in [3.63, 3.8) is 0 Å². The first-order valence-corrected chi connectivity index (χ1v) is 6.50. The maximum Gasteiger partial charge on any atom is 0.240 e. The van der Waals surface area contributed by atoms with Crippen molar-refractivity contribution in [2.24, 2.45) is 7.05 Å². The van der Waals surface area contributed by atoms with Gasteiger partial charge in [-0.1, -0.05) is 16.9 Å². The molecular weight excluding hydrogens is 266 g/mol. The molecule has 0 saturated carbocycles. The zero-order valence-electron chi connectivity index (χ0n) is 10.3. The van der Waals surface area contributed by atoms with Crippen molar-refractivity contribution >= 4 is 11.8 Å². The van der Waals surface area contributed by atoms with E-state index < -0.39 is 0 Å². The van der Waals surface area contributed by atoms with Crippen LogP contribution in [0.3, 0.4) is 0 Å². The Morgan fingerprint density at radius 2 is 2.32 bits per heavy atom. The fourth-order valence-electron chi connectivity index (χ4n) is 1.49. The number of nitrogens with zero attached hydrogens (tertiary/aromatic N) is 5. The van der Waals surface area contributed by atoms with Gasteiger partial charge in [0.1, 0.15) is 6.33 Å². The van der Waals surface area contributed by atoms with Gasteiger partial charge in [0, 0.05) is 7.05 Å². The Labute approximate surface area is 113 Å². The minimum Gasteiger partial charge on any atom is -0.461 e. The first kappa shape index (κ1) is 12.0. The van der Waals surface area contributed by atoms with Crippen molar-refractivity contribution in [1.29, 1.82) is 0 Å². The molecular formula is C11H11N5O2S. The van der Waals surface area contributed by atoms with E-state index in [4.69, 9.17) is 8.94 Å². The van der Waals surface area contributed by atoms with Crippen molar-refractivity contribution in [3.8, 4) is 11.6 Å². The third-order valence-electron chi connectivity index (χ3n) is 2.48. The van der Waals surface area contributed by atoms with Gasteiger partial charge in [-0.3, -0.25) is 0 Å². The van der Waals surface area contributed by atoms with Crippen LogP contribution in [0.4, 0.5) is 0 Å². The minimum atomic E-state index is -0.0147. The predicted octanol–water partition coefficient (Wildman–Crippen LogP) is 2.31. The van der Waals surface area contributed by atoms with E-state index in [1.807, 2.05) is 18.5 Å². The van der Waals surface area contributed by atoms with Crippen LogP contribution >= 0.6 is 11.8 Å². The van der Waals surface area contributed by atoms with Crippen molar-refractivity contribution in [2.75, 3.05) is 0 Å². The number of aromatic nitrogens is 5. The molecule has 0 radical (unpaired) electrons. The molecule has 0 amide bonds. The van der Waals surface area contributed by atoms with E-state index in [2.05, 4.69) is 20.3 Å². The summed E-state index contributed by atoms with van der Waals surface area (Å²) >= 11 is 1.50. The van der Waals surface area contributed by atoms with Gasteiger partial charge in [-0.05, 0) is 19.1 Å². The van der Waals surface area contributed by atoms with E-state index in [9.17, 15) is 0 Å². The number of furan rings is 1. The van der Waals surface area contributed by atoms with Crippen LogP contribution in [0.2, 0.25) is 0 Å². The fourth-order valence-corrected chi connectivity index (χ4v) is 2.31. The Kier molecular flexibility index (Phi) is 3.08. The molecule has 0 unspecified atom stereocenters. The van der Waals surface area contributed by atoms with Crippen LogP contribution in [0.25, 0.3) is 11.6 Å². The van der Waals surface area contributed by atoms with Crippen molar-refractivity contribution in [3.05, 3.63) is 30.6 Å². The molecule has 3 aromatic heterocycles. The molecule has 3 heterocycles. The van der Waals surface area contributed by atoms with Gasteiger partial charge in [-0.15, -0.1) is 10.2 Å². The molecule has 98 valence electrons. The summed E-state index contributed by atoms with van der Waals surface area (Å²) in [6.07, 6.45) is 3.22. The van der Waals surface area contributed by atoms with Crippen LogP contribution in [-0.2, 0) is 7.05 Å². The summed E-state index contributed by atoms with van der Waals surface area (Å²) in [5.74, 6) is 1.57. The van der Waals surface area contributed by atoms with Gasteiger partial charge in [0.05, 0.1) is 11.5 Å². The first-order chi connectivity index (χ1) is 9.24. The van der Waals surface area contributed by atoms with Crippen LogP contribution in [-0.4, -0.2) is 24.9 Å². The molecule has 0 aromatic carbocycles. The van der Waals surface area contributed by atoms with E-state index >= 15 is 0 Å². The molecule has 0 saturated heterocycles. The van der Waals surface area contributed by atoms with E-state index in [-0.39, 0.29) is 5.25 Å². The lowest BCUT2D eigenvalue weighted by atomic mass is 10.4. The monoisotopic (exact) mass is 277 g/mol. The molecule has 0 aliphatic heterocycles. The Morgan fingerprint density at radius 1 is 1.42 bits per heavy atom. The van der Waals surface area contributed by atoms with Gasteiger partial charge < -0.3 is 13.5 Å². The third kappa shape index (κ3) is 2.39. The van der Waals surface area contributed by atoms with Crippen molar-refractivity contribution in [2.45, 2.75) is 17.3 Å². The zero-order valence-corrected chi connectivity index (χ0v) is 11.2. The first-order valence-electron chi connectivity index (χ1n) is 5.62. The average molecular weight is 277 g/mol. The van der Waals surface area contributed by atoms with E-state index in [1.165, 1.54) is 11.8 Å². The maximum atomic E-state index is 5.24. The predicted molar refractivity (Wildman–Crippen MR) is 67.3 cm³/mol. The summed E-state index contributed by atoms with van der Waals surface area (Å²) in [4.78, 5) is 4.31. The molecule has 7 nitrogen and oxygen atoms in total. The number of hydrogen-bond donors (Lipinski definition) is 0. The molecule has 3 aromatic rings. The summed E-state index contributed by atoms with van der Waals surface area (Å²) in [7, 11) is 1.89. The second-order valence-electron chi connectivity index (χ2n) is 3.92. The summed E-state index contributed by atoms with van der Waals surface area (Å²) < 4.78 is 12.3. The normalized spacial score (nSPS) is 12.7. The second-order valence-corrected chi connectivity index (χ2v) is 5.23. The fraction of sp³-hybridized carbons (Fsp3) is 0.273. The SMILES string of the molecule is C[C@@H](Sc1nncn1C)c1nc(-c2ccco2)no1. The molecule has 0 aliphatic carbocycles. The topological polar surface area (TPSA) is 82.8 Å². The van der Waals surface area contributed by atoms with Crippen LogP contribution in [0.1, 0.15) is 18.1 Å². The quantitative estimate of drug-likeness (QED) is 0.676. The summed E-state index contributed by atoms with van der Waals surface area (Å²) in [6.45, 7) is 1.97. The smallest absolute Gasteiger partial charge is 0.240 e. The van der Waals surface area contributed by atoms with Gasteiger partial charge in [0.2, 0.25) is 11.7 Å². The molecule has 0 fully saturated rings. The summed E-state index contributed by atoms with van der Waals surface area (Å²) in [5.41, 5.74) is 0. The highest BCUT2D eigenvalue weighted by molar-refractivity contribution is 7.99. The van der Waals surface area contributed by atoms with Gasteiger partial charge in [-0.2, -0.15) is 4.98 Å². The molecule has 0 aliphatic rings. The Morgan fingerprint density at radius 3 is 3.00 bits per heavy atom. The molecule has 0 spiro atoms. The van der Waals surface area contributed by atoms with E-state index in [1.54, 1.807) is 24.7 Å². The molecule has 0 N–H and O–H groups in total. The standard InChI is InChI=1S/C11H11N5O2S/c1-7(19-11-14-12-6-16(11)2)10-13-9(15-18-10)8-4-3-5-17-8/h3-7H,1-2H3/t7-/m1/s1. The van der Waals surface area contributed by atoms with Gasteiger partial charge >= 0.3 is 0 Å². The van der Waals surface area contributed by atoms with Gasteiger partial charge in [0.15, 0.2) is 10.9 Å². The van der Waals surface area contributed by atoms with E-state index in [0.717, 1.165) is 5.16 Å². The van der Waals surface area contributed by atoms with Crippen LogP contribution in [0.5, 0.6) is 0 Å². The Bertz CT molecular complexity index is 660. The largest absolute Gasteiger partial charge is 0.461 e. The summed E-state index contributed by atoms with van der Waals surface area (Å²) in [5, 5.41) is 12.5. The molecule has 8 heteroatoms. The zero-order chi connectivity index (χ0) is 13.2. The van der Waals surface area contributed by atoms with Gasteiger partial charge in [-0.25, -0.2) is 0 Å². The van der Waals surface area contributed by atoms with Crippen molar-refractivity contribution in [1.82, 2.24) is 24.9 Å². The Hall–Kier alpha value is -2.09. The molecule has 19 heavy (non-hydrogen) atoms. The van der Waals surface area contributed by atoms with Gasteiger partial charge in [0.25, 0.3) is 0 Å². The number of aryl methyl sites for hydroxylation is 1. The molecule has 1 atom stereocenters. The number of thioether (sulfide) groups is 1. The third-order valence-corrected chi connectivity index (χ3v) is 3.62. The number of rotatable bonds is 4. The highest BCUT2D eigenvalue weighted by atomic mass is 32.2. The highest BCUT2D eigenvalue weighted by Crippen LogP contribution is 2.33. The lowest BCUT2D eigenvalue weighted by Crippen LogP contribution is -1.94. The van der Waals surface area contributed by atoms with Crippen LogP contribution < -0.4 is 0 Å². The number of hydrogen-bond acceptors (Lipinski definition) is 7. The average Bonchev–Trinajstić information content (AvgIpc) is 3.09. The molecule has 3 rings (SSSR count). The van der Waals surface area contributed by atoms with E-state index in [0.29, 0.717) is 17.5 Å². The summed E-state index contributed by atoms with van der Waals surface area (Å²) in [6, 6.07) is 3.57. The lowest BCUT2D eigenvalue weighted by molar-refractivity contribution is 0.379. The van der Waals surface area contributed by atoms with Crippen LogP contribution in [0.15, 0.2) is 38.8 Å². The second kappa shape index (κ2) is 4.88. The van der Waals surface area contributed by atoms with Crippen LogP contribution in [0, 0.1) is 0 Å². The maximum absolute atomic E-state index is 5.24. The van der Waals surface area contributed by atoms with Crippen molar-refractivity contribution < 1.29 is 8.94 Å².